The summed E-state index contributed by atoms with van der Waals surface area (Å²) in [5.41, 5.74) is 1.72. The molecular formula is C11H15NO4. The number of aliphatic hydroxyl groups excluding tert-OH is 2. The SMILES string of the molecule is Cc1ccc(C(=O)O)cc1NCC(O)CO. The number of anilines is 1. The van der Waals surface area contributed by atoms with Gasteiger partial charge in [-0.15, -0.1) is 0 Å². The molecule has 0 aromatic heterocycles. The second-order valence-corrected chi connectivity index (χ2v) is 3.55. The van der Waals surface area contributed by atoms with Crippen LogP contribution >= 0.6 is 0 Å². The van der Waals surface area contributed by atoms with Gasteiger partial charge in [-0.2, -0.15) is 0 Å². The lowest BCUT2D eigenvalue weighted by Gasteiger charge is -2.12. The van der Waals surface area contributed by atoms with Crippen LogP contribution in [0.1, 0.15) is 15.9 Å². The van der Waals surface area contributed by atoms with Crippen LogP contribution in [0.15, 0.2) is 18.2 Å². The molecule has 0 saturated heterocycles. The van der Waals surface area contributed by atoms with Gasteiger partial charge in [0.15, 0.2) is 0 Å². The predicted octanol–water partition coefficient (Wildman–Crippen LogP) is 0.458. The van der Waals surface area contributed by atoms with Crippen molar-refractivity contribution < 1.29 is 20.1 Å². The number of benzene rings is 1. The molecule has 1 aromatic carbocycles. The van der Waals surface area contributed by atoms with E-state index in [0.29, 0.717) is 5.69 Å². The Morgan fingerprint density at radius 2 is 2.19 bits per heavy atom. The highest BCUT2D eigenvalue weighted by Crippen LogP contribution is 2.16. The van der Waals surface area contributed by atoms with Crippen LogP contribution in [-0.2, 0) is 0 Å². The molecule has 0 saturated carbocycles. The summed E-state index contributed by atoms with van der Waals surface area (Å²) in [6.07, 6.45) is -0.854. The molecule has 0 aliphatic carbocycles. The first-order valence-electron chi connectivity index (χ1n) is 4.91. The van der Waals surface area contributed by atoms with Crippen LogP contribution in [0.3, 0.4) is 0 Å². The summed E-state index contributed by atoms with van der Waals surface area (Å²) in [5.74, 6) is -0.995. The van der Waals surface area contributed by atoms with E-state index in [1.54, 1.807) is 6.07 Å². The minimum atomic E-state index is -0.995. The Labute approximate surface area is 93.4 Å². The van der Waals surface area contributed by atoms with Crippen LogP contribution in [0.25, 0.3) is 0 Å². The van der Waals surface area contributed by atoms with E-state index >= 15 is 0 Å². The molecule has 4 N–H and O–H groups in total. The molecule has 16 heavy (non-hydrogen) atoms. The zero-order valence-electron chi connectivity index (χ0n) is 8.97. The molecule has 0 heterocycles. The molecule has 0 spiro atoms. The Morgan fingerprint density at radius 3 is 2.75 bits per heavy atom. The van der Waals surface area contributed by atoms with E-state index in [1.807, 2.05) is 6.92 Å². The van der Waals surface area contributed by atoms with Gasteiger partial charge in [0, 0.05) is 12.2 Å². The second kappa shape index (κ2) is 5.48. The van der Waals surface area contributed by atoms with Crippen molar-refractivity contribution in [1.29, 1.82) is 0 Å². The maximum Gasteiger partial charge on any atom is 0.335 e. The number of aryl methyl sites for hydroxylation is 1. The van der Waals surface area contributed by atoms with E-state index < -0.39 is 12.1 Å². The van der Waals surface area contributed by atoms with Crippen molar-refractivity contribution in [3.63, 3.8) is 0 Å². The summed E-state index contributed by atoms with van der Waals surface area (Å²) in [6.45, 7) is 1.68. The number of hydrogen-bond donors (Lipinski definition) is 4. The summed E-state index contributed by atoms with van der Waals surface area (Å²) < 4.78 is 0. The van der Waals surface area contributed by atoms with Crippen molar-refractivity contribution in [1.82, 2.24) is 0 Å². The summed E-state index contributed by atoms with van der Waals surface area (Å²) in [5, 5.41) is 29.5. The largest absolute Gasteiger partial charge is 0.478 e. The zero-order valence-corrected chi connectivity index (χ0v) is 8.97. The number of carboxylic acid groups (broad SMARTS) is 1. The fraction of sp³-hybridized carbons (Fsp3) is 0.364. The van der Waals surface area contributed by atoms with Crippen molar-refractivity contribution in [3.8, 4) is 0 Å². The molecule has 5 heteroatoms. The number of aliphatic hydroxyl groups is 2. The van der Waals surface area contributed by atoms with E-state index in [0.717, 1.165) is 5.56 Å². The van der Waals surface area contributed by atoms with Crippen LogP contribution in [0.5, 0.6) is 0 Å². The van der Waals surface area contributed by atoms with Crippen LogP contribution in [0.4, 0.5) is 5.69 Å². The Hall–Kier alpha value is -1.59. The van der Waals surface area contributed by atoms with E-state index in [1.165, 1.54) is 12.1 Å². The van der Waals surface area contributed by atoms with Gasteiger partial charge in [-0.3, -0.25) is 0 Å². The average molecular weight is 225 g/mol. The predicted molar refractivity (Wildman–Crippen MR) is 59.7 cm³/mol. The molecule has 5 nitrogen and oxygen atoms in total. The summed E-state index contributed by atoms with van der Waals surface area (Å²) >= 11 is 0. The minimum Gasteiger partial charge on any atom is -0.478 e. The topological polar surface area (TPSA) is 89.8 Å². The van der Waals surface area contributed by atoms with E-state index in [2.05, 4.69) is 5.32 Å². The standard InChI is InChI=1S/C11H15NO4/c1-7-2-3-8(11(15)16)4-10(7)12-5-9(14)6-13/h2-4,9,12-14H,5-6H2,1H3,(H,15,16). The van der Waals surface area contributed by atoms with Crippen molar-refractivity contribution in [3.05, 3.63) is 29.3 Å². The van der Waals surface area contributed by atoms with Gasteiger partial charge in [0.2, 0.25) is 0 Å². The second-order valence-electron chi connectivity index (χ2n) is 3.55. The van der Waals surface area contributed by atoms with Crippen LogP contribution in [0.2, 0.25) is 0 Å². The summed E-state index contributed by atoms with van der Waals surface area (Å²) in [7, 11) is 0. The Morgan fingerprint density at radius 1 is 1.50 bits per heavy atom. The van der Waals surface area contributed by atoms with Gasteiger partial charge >= 0.3 is 5.97 Å². The maximum absolute atomic E-state index is 10.7. The molecule has 0 radical (unpaired) electrons. The number of carboxylic acids is 1. The van der Waals surface area contributed by atoms with Gasteiger partial charge < -0.3 is 20.6 Å². The van der Waals surface area contributed by atoms with Gasteiger partial charge in [0.1, 0.15) is 0 Å². The normalized spacial score (nSPS) is 12.2. The lowest BCUT2D eigenvalue weighted by Crippen LogP contribution is -2.23. The van der Waals surface area contributed by atoms with Crippen molar-refractivity contribution >= 4 is 11.7 Å². The van der Waals surface area contributed by atoms with E-state index in [4.69, 9.17) is 15.3 Å². The fourth-order valence-electron chi connectivity index (χ4n) is 1.24. The molecule has 1 aromatic rings. The van der Waals surface area contributed by atoms with Gasteiger partial charge in [0.25, 0.3) is 0 Å². The lowest BCUT2D eigenvalue weighted by molar-refractivity contribution is 0.0697. The molecule has 0 bridgehead atoms. The highest BCUT2D eigenvalue weighted by Gasteiger charge is 2.07. The lowest BCUT2D eigenvalue weighted by atomic mass is 10.1. The van der Waals surface area contributed by atoms with Crippen LogP contribution in [-0.4, -0.2) is 40.5 Å². The summed E-state index contributed by atoms with van der Waals surface area (Å²) in [4.78, 5) is 10.7. The minimum absolute atomic E-state index is 0.181. The number of nitrogens with one attached hydrogen (secondary N) is 1. The van der Waals surface area contributed by atoms with Crippen molar-refractivity contribution in [2.45, 2.75) is 13.0 Å². The maximum atomic E-state index is 10.7. The van der Waals surface area contributed by atoms with Crippen LogP contribution < -0.4 is 5.32 Å². The quantitative estimate of drug-likeness (QED) is 0.584. The molecule has 0 aliphatic heterocycles. The molecule has 1 unspecified atom stereocenters. The molecule has 88 valence electrons. The highest BCUT2D eigenvalue weighted by molar-refractivity contribution is 5.89. The third-order valence-corrected chi connectivity index (χ3v) is 2.22. The Balaban J connectivity index is 2.78. The number of hydrogen-bond acceptors (Lipinski definition) is 4. The monoisotopic (exact) mass is 225 g/mol. The average Bonchev–Trinajstić information content (AvgIpc) is 2.27. The first kappa shape index (κ1) is 12.5. The van der Waals surface area contributed by atoms with Gasteiger partial charge in [-0.1, -0.05) is 6.07 Å². The van der Waals surface area contributed by atoms with Gasteiger partial charge in [0.05, 0.1) is 18.3 Å². The molecular weight excluding hydrogens is 210 g/mol. The van der Waals surface area contributed by atoms with Gasteiger partial charge in [-0.05, 0) is 24.6 Å². The molecule has 1 atom stereocenters. The Bertz CT molecular complexity index is 378. The van der Waals surface area contributed by atoms with Gasteiger partial charge in [-0.25, -0.2) is 4.79 Å². The molecule has 1 rings (SSSR count). The third-order valence-electron chi connectivity index (χ3n) is 2.22. The highest BCUT2D eigenvalue weighted by atomic mass is 16.4. The van der Waals surface area contributed by atoms with Crippen LogP contribution in [0, 0.1) is 6.92 Å². The van der Waals surface area contributed by atoms with E-state index in [-0.39, 0.29) is 18.7 Å². The third kappa shape index (κ3) is 3.22. The number of carbonyl (C=O) groups is 1. The Kier molecular flexibility index (Phi) is 4.28. The fourth-order valence-corrected chi connectivity index (χ4v) is 1.24. The molecule has 0 fully saturated rings. The first-order valence-corrected chi connectivity index (χ1v) is 4.91. The summed E-state index contributed by atoms with van der Waals surface area (Å²) in [6, 6.07) is 4.71. The van der Waals surface area contributed by atoms with E-state index in [9.17, 15) is 4.79 Å². The van der Waals surface area contributed by atoms with Crippen molar-refractivity contribution in [2.24, 2.45) is 0 Å². The number of rotatable bonds is 5. The first-order chi connectivity index (χ1) is 7.54. The van der Waals surface area contributed by atoms with Crippen molar-refractivity contribution in [2.75, 3.05) is 18.5 Å². The zero-order chi connectivity index (χ0) is 12.1. The molecule has 0 aliphatic rings. The molecule has 0 amide bonds. The smallest absolute Gasteiger partial charge is 0.335 e. The number of aromatic carboxylic acids is 1.